The van der Waals surface area contributed by atoms with Crippen molar-refractivity contribution in [3.8, 4) is 0 Å². The molecule has 26 heavy (non-hydrogen) atoms. The minimum absolute atomic E-state index is 0.213. The summed E-state index contributed by atoms with van der Waals surface area (Å²) in [7, 11) is 1.70. The summed E-state index contributed by atoms with van der Waals surface area (Å²) in [6.07, 6.45) is 6.14. The van der Waals surface area contributed by atoms with Crippen LogP contribution in [0.1, 0.15) is 36.9 Å². The molecule has 0 unspecified atom stereocenters. The van der Waals surface area contributed by atoms with E-state index in [1.165, 1.54) is 6.42 Å². The molecule has 1 aromatic heterocycles. The van der Waals surface area contributed by atoms with Crippen molar-refractivity contribution in [2.45, 2.75) is 38.8 Å². The van der Waals surface area contributed by atoms with Crippen molar-refractivity contribution in [2.24, 2.45) is 5.92 Å². The molecule has 5 heteroatoms. The first-order valence-electron chi connectivity index (χ1n) is 9.34. The van der Waals surface area contributed by atoms with Gasteiger partial charge in [0.1, 0.15) is 0 Å². The van der Waals surface area contributed by atoms with Gasteiger partial charge in [-0.3, -0.25) is 4.79 Å². The highest BCUT2D eigenvalue weighted by atomic mass is 35.5. The number of carbonyl (C=O) groups is 1. The molecule has 4 nitrogen and oxygen atoms in total. The lowest BCUT2D eigenvalue weighted by molar-refractivity contribution is -0.139. The Labute approximate surface area is 160 Å². The van der Waals surface area contributed by atoms with Crippen molar-refractivity contribution >= 4 is 17.5 Å². The van der Waals surface area contributed by atoms with E-state index in [1.807, 2.05) is 35.2 Å². The van der Waals surface area contributed by atoms with Gasteiger partial charge in [-0.15, -0.1) is 0 Å². The van der Waals surface area contributed by atoms with Gasteiger partial charge in [-0.25, -0.2) is 0 Å². The predicted octanol–water partition coefficient (Wildman–Crippen LogP) is 4.36. The number of nitrogens with zero attached hydrogens (tertiary/aromatic N) is 2. The first-order chi connectivity index (χ1) is 12.7. The van der Waals surface area contributed by atoms with Crippen molar-refractivity contribution in [1.82, 2.24) is 9.47 Å². The van der Waals surface area contributed by atoms with E-state index in [-0.39, 0.29) is 11.8 Å². The molecule has 0 aliphatic heterocycles. The number of hydrogen-bond acceptors (Lipinski definition) is 2. The van der Waals surface area contributed by atoms with E-state index >= 15 is 0 Å². The number of rotatable bonds is 9. The Morgan fingerprint density at radius 1 is 1.27 bits per heavy atom. The summed E-state index contributed by atoms with van der Waals surface area (Å²) in [4.78, 5) is 14.8. The molecule has 1 aliphatic rings. The second-order valence-corrected chi connectivity index (χ2v) is 7.36. The lowest BCUT2D eigenvalue weighted by Gasteiger charge is -2.32. The Morgan fingerprint density at radius 2 is 2.08 bits per heavy atom. The van der Waals surface area contributed by atoms with E-state index in [1.54, 1.807) is 7.11 Å². The molecular weight excluding hydrogens is 348 g/mol. The Bertz CT molecular complexity index is 724. The maximum absolute atomic E-state index is 12.8. The van der Waals surface area contributed by atoms with Crippen LogP contribution in [0.2, 0.25) is 5.02 Å². The average Bonchev–Trinajstić information content (AvgIpc) is 3.01. The van der Waals surface area contributed by atoms with Crippen molar-refractivity contribution < 1.29 is 9.53 Å². The topological polar surface area (TPSA) is 34.5 Å². The second-order valence-electron chi connectivity index (χ2n) is 6.95. The molecule has 3 rings (SSSR count). The summed E-state index contributed by atoms with van der Waals surface area (Å²) in [6.45, 7) is 2.76. The van der Waals surface area contributed by atoms with Crippen LogP contribution in [0.25, 0.3) is 0 Å². The Morgan fingerprint density at radius 3 is 2.77 bits per heavy atom. The SMILES string of the molecule is COCCCN(Cc1cccn1Cc1ccccc1Cl)C(=O)C1CCC1. The van der Waals surface area contributed by atoms with Gasteiger partial charge in [-0.1, -0.05) is 36.2 Å². The summed E-state index contributed by atoms with van der Waals surface area (Å²) < 4.78 is 7.35. The minimum atomic E-state index is 0.213. The standard InChI is InChI=1S/C21H27ClN2O2/c1-26-14-6-13-24(21(25)17-8-4-9-17)16-19-10-5-12-23(19)15-18-7-2-3-11-20(18)22/h2-3,5,7,10-12,17H,4,6,8-9,13-16H2,1H3. The zero-order chi connectivity index (χ0) is 18.4. The van der Waals surface area contributed by atoms with E-state index in [0.29, 0.717) is 19.7 Å². The summed E-state index contributed by atoms with van der Waals surface area (Å²) in [5.41, 5.74) is 2.22. The third-order valence-corrected chi connectivity index (χ3v) is 5.49. The normalized spacial score (nSPS) is 14.2. The van der Waals surface area contributed by atoms with Crippen LogP contribution in [-0.2, 0) is 22.6 Å². The van der Waals surface area contributed by atoms with Crippen molar-refractivity contribution in [3.63, 3.8) is 0 Å². The fourth-order valence-corrected chi connectivity index (χ4v) is 3.53. The van der Waals surface area contributed by atoms with Crippen LogP contribution in [0.4, 0.5) is 0 Å². The van der Waals surface area contributed by atoms with Gasteiger partial charge in [0.15, 0.2) is 0 Å². The van der Waals surface area contributed by atoms with Crippen LogP contribution in [0.3, 0.4) is 0 Å². The first-order valence-corrected chi connectivity index (χ1v) is 9.72. The molecule has 1 aliphatic carbocycles. The smallest absolute Gasteiger partial charge is 0.226 e. The van der Waals surface area contributed by atoms with Crippen molar-refractivity contribution in [2.75, 3.05) is 20.3 Å². The third-order valence-electron chi connectivity index (χ3n) is 5.12. The fourth-order valence-electron chi connectivity index (χ4n) is 3.33. The third kappa shape index (κ3) is 4.68. The van der Waals surface area contributed by atoms with Gasteiger partial charge in [0.05, 0.1) is 6.54 Å². The summed E-state index contributed by atoms with van der Waals surface area (Å²) in [5, 5.41) is 0.773. The number of carbonyl (C=O) groups excluding carboxylic acids is 1. The van der Waals surface area contributed by atoms with Gasteiger partial charge in [0, 0.05) is 49.6 Å². The largest absolute Gasteiger partial charge is 0.385 e. The lowest BCUT2D eigenvalue weighted by atomic mass is 9.84. The van der Waals surface area contributed by atoms with Gasteiger partial charge in [0.25, 0.3) is 0 Å². The Balaban J connectivity index is 1.71. The number of hydrogen-bond donors (Lipinski definition) is 0. The zero-order valence-electron chi connectivity index (χ0n) is 15.4. The maximum atomic E-state index is 12.8. The van der Waals surface area contributed by atoms with Crippen LogP contribution >= 0.6 is 11.6 Å². The predicted molar refractivity (Wildman–Crippen MR) is 104 cm³/mol. The highest BCUT2D eigenvalue weighted by molar-refractivity contribution is 6.31. The molecule has 1 heterocycles. The quantitative estimate of drug-likeness (QED) is 0.611. The monoisotopic (exact) mass is 374 g/mol. The first kappa shape index (κ1) is 19.0. The molecule has 140 valence electrons. The van der Waals surface area contributed by atoms with Crippen LogP contribution < -0.4 is 0 Å². The molecule has 0 N–H and O–H groups in total. The molecule has 2 aromatic rings. The Kier molecular flexibility index (Phi) is 6.75. The van der Waals surface area contributed by atoms with Crippen molar-refractivity contribution in [3.05, 3.63) is 58.9 Å². The number of aromatic nitrogens is 1. The van der Waals surface area contributed by atoms with Crippen LogP contribution in [0, 0.1) is 5.92 Å². The van der Waals surface area contributed by atoms with Gasteiger partial charge < -0.3 is 14.2 Å². The number of ether oxygens (including phenoxy) is 1. The molecular formula is C21H27ClN2O2. The molecule has 0 atom stereocenters. The molecule has 0 spiro atoms. The van der Waals surface area contributed by atoms with Gasteiger partial charge in [-0.2, -0.15) is 0 Å². The fraction of sp³-hybridized carbons (Fsp3) is 0.476. The lowest BCUT2D eigenvalue weighted by Crippen LogP contribution is -2.39. The molecule has 1 aromatic carbocycles. The van der Waals surface area contributed by atoms with Crippen molar-refractivity contribution in [1.29, 1.82) is 0 Å². The Hall–Kier alpha value is -1.78. The summed E-state index contributed by atoms with van der Waals surface area (Å²) >= 11 is 6.31. The average molecular weight is 375 g/mol. The van der Waals surface area contributed by atoms with E-state index in [2.05, 4.69) is 16.8 Å². The number of methoxy groups -OCH3 is 1. The zero-order valence-corrected chi connectivity index (χ0v) is 16.1. The van der Waals surface area contributed by atoms with E-state index in [9.17, 15) is 4.79 Å². The highest BCUT2D eigenvalue weighted by Gasteiger charge is 2.29. The van der Waals surface area contributed by atoms with Crippen LogP contribution in [0.5, 0.6) is 0 Å². The van der Waals surface area contributed by atoms with E-state index in [4.69, 9.17) is 16.3 Å². The second kappa shape index (κ2) is 9.24. The molecule has 0 bridgehead atoms. The molecule has 1 saturated carbocycles. The number of amides is 1. The van der Waals surface area contributed by atoms with Crippen LogP contribution in [0.15, 0.2) is 42.6 Å². The summed E-state index contributed by atoms with van der Waals surface area (Å²) in [6, 6.07) is 12.0. The van der Waals surface area contributed by atoms with Crippen LogP contribution in [-0.4, -0.2) is 35.6 Å². The molecule has 0 radical (unpaired) electrons. The van der Waals surface area contributed by atoms with E-state index in [0.717, 1.165) is 42.1 Å². The number of halogens is 1. The molecule has 1 amide bonds. The van der Waals surface area contributed by atoms with Gasteiger partial charge in [-0.05, 0) is 43.0 Å². The van der Waals surface area contributed by atoms with E-state index < -0.39 is 0 Å². The summed E-state index contributed by atoms with van der Waals surface area (Å²) in [5.74, 6) is 0.502. The minimum Gasteiger partial charge on any atom is -0.385 e. The number of benzene rings is 1. The van der Waals surface area contributed by atoms with Gasteiger partial charge in [0.2, 0.25) is 5.91 Å². The van der Waals surface area contributed by atoms with Gasteiger partial charge >= 0.3 is 0 Å². The molecule has 0 saturated heterocycles. The maximum Gasteiger partial charge on any atom is 0.226 e. The molecule has 1 fully saturated rings. The highest BCUT2D eigenvalue weighted by Crippen LogP contribution is 2.29.